The second-order valence-corrected chi connectivity index (χ2v) is 3.18. The fraction of sp³-hybridized carbons (Fsp3) is 0.667. The number of Topliss-reactive ketones (excluding diaryl/α,β-unsaturated/α-hetero) is 1. The van der Waals surface area contributed by atoms with Gasteiger partial charge in [-0.2, -0.15) is 13.2 Å². The van der Waals surface area contributed by atoms with E-state index >= 15 is 0 Å². The molecular weight excluding hydrogens is 243 g/mol. The summed E-state index contributed by atoms with van der Waals surface area (Å²) in [5, 5.41) is 1.41. The molecule has 1 amide bonds. The molecule has 0 aliphatic carbocycles. The van der Waals surface area contributed by atoms with Gasteiger partial charge in [-0.3, -0.25) is 9.59 Å². The number of halogens is 3. The first-order valence-electron chi connectivity index (χ1n) is 4.72. The third kappa shape index (κ3) is 5.88. The normalized spacial score (nSPS) is 12.8. The average Bonchev–Trinajstić information content (AvgIpc) is 2.14. The van der Waals surface area contributed by atoms with Gasteiger partial charge in [0, 0.05) is 6.42 Å². The van der Waals surface area contributed by atoms with Crippen molar-refractivity contribution in [2.75, 3.05) is 6.61 Å². The van der Waals surface area contributed by atoms with E-state index in [4.69, 9.17) is 0 Å². The summed E-state index contributed by atoms with van der Waals surface area (Å²) in [5.41, 5.74) is 0. The summed E-state index contributed by atoms with van der Waals surface area (Å²) in [6.45, 7) is 2.48. The predicted molar refractivity (Wildman–Crippen MR) is 49.9 cm³/mol. The minimum Gasteiger partial charge on any atom is -0.464 e. The number of ether oxygens (including phenoxy) is 1. The Morgan fingerprint density at radius 3 is 2.18 bits per heavy atom. The van der Waals surface area contributed by atoms with Crippen LogP contribution >= 0.6 is 0 Å². The minimum atomic E-state index is -5.11. The summed E-state index contributed by atoms with van der Waals surface area (Å²) < 4.78 is 40.3. The SMILES string of the molecule is CCOC(=O)[C@H](CC(C)=O)NC(=O)C(F)(F)F. The summed E-state index contributed by atoms with van der Waals surface area (Å²) in [5.74, 6) is -3.89. The maximum Gasteiger partial charge on any atom is 0.471 e. The number of hydrogen-bond acceptors (Lipinski definition) is 4. The van der Waals surface area contributed by atoms with E-state index in [1.807, 2.05) is 0 Å². The smallest absolute Gasteiger partial charge is 0.464 e. The van der Waals surface area contributed by atoms with E-state index in [1.165, 1.54) is 12.2 Å². The van der Waals surface area contributed by atoms with Crippen molar-refractivity contribution in [1.29, 1.82) is 0 Å². The van der Waals surface area contributed by atoms with Crippen molar-refractivity contribution < 1.29 is 32.3 Å². The molecule has 0 saturated heterocycles. The first kappa shape index (κ1) is 15.4. The molecule has 0 heterocycles. The summed E-state index contributed by atoms with van der Waals surface area (Å²) in [6.07, 6.45) is -5.65. The monoisotopic (exact) mass is 255 g/mol. The third-order valence-corrected chi connectivity index (χ3v) is 1.63. The van der Waals surface area contributed by atoms with Crippen molar-refractivity contribution in [3.05, 3.63) is 0 Å². The molecule has 0 aromatic carbocycles. The first-order valence-corrected chi connectivity index (χ1v) is 4.72. The lowest BCUT2D eigenvalue weighted by Gasteiger charge is -2.16. The van der Waals surface area contributed by atoms with E-state index in [-0.39, 0.29) is 6.61 Å². The Hall–Kier alpha value is -1.60. The Morgan fingerprint density at radius 2 is 1.82 bits per heavy atom. The van der Waals surface area contributed by atoms with Crippen LogP contribution in [0.25, 0.3) is 0 Å². The van der Waals surface area contributed by atoms with Crippen molar-refractivity contribution in [3.63, 3.8) is 0 Å². The van der Waals surface area contributed by atoms with Crippen LogP contribution < -0.4 is 5.32 Å². The molecule has 0 aliphatic rings. The zero-order valence-electron chi connectivity index (χ0n) is 9.26. The van der Waals surface area contributed by atoms with Crippen molar-refractivity contribution >= 4 is 17.7 Å². The van der Waals surface area contributed by atoms with E-state index in [0.717, 1.165) is 6.92 Å². The van der Waals surface area contributed by atoms with Crippen LogP contribution in [0.4, 0.5) is 13.2 Å². The first-order chi connectivity index (χ1) is 7.68. The number of esters is 1. The highest BCUT2D eigenvalue weighted by molar-refractivity contribution is 5.91. The molecule has 1 atom stereocenters. The topological polar surface area (TPSA) is 72.5 Å². The Kier molecular flexibility index (Phi) is 5.63. The van der Waals surface area contributed by atoms with Crippen LogP contribution in [0.3, 0.4) is 0 Å². The molecule has 98 valence electrons. The van der Waals surface area contributed by atoms with E-state index in [2.05, 4.69) is 4.74 Å². The standard InChI is InChI=1S/C9H12F3NO4/c1-3-17-7(15)6(4-5(2)14)13-8(16)9(10,11)12/h6H,3-4H2,1-2H3,(H,13,16)/t6-/m0/s1. The van der Waals surface area contributed by atoms with Crippen molar-refractivity contribution in [3.8, 4) is 0 Å². The largest absolute Gasteiger partial charge is 0.471 e. The number of carbonyl (C=O) groups excluding carboxylic acids is 3. The Balaban J connectivity index is 4.65. The Morgan fingerprint density at radius 1 is 1.29 bits per heavy atom. The molecule has 0 radical (unpaired) electrons. The lowest BCUT2D eigenvalue weighted by Crippen LogP contribution is -2.48. The van der Waals surface area contributed by atoms with Crippen LogP contribution in [0.2, 0.25) is 0 Å². The van der Waals surface area contributed by atoms with Crippen LogP contribution in [-0.4, -0.2) is 36.5 Å². The molecule has 1 N–H and O–H groups in total. The summed E-state index contributed by atoms with van der Waals surface area (Å²) in [6, 6.07) is -1.61. The van der Waals surface area contributed by atoms with Gasteiger partial charge < -0.3 is 10.1 Å². The van der Waals surface area contributed by atoms with Crippen molar-refractivity contribution in [1.82, 2.24) is 5.32 Å². The highest BCUT2D eigenvalue weighted by Crippen LogP contribution is 2.15. The van der Waals surface area contributed by atoms with Gasteiger partial charge in [0.15, 0.2) is 0 Å². The summed E-state index contributed by atoms with van der Waals surface area (Å²) in [4.78, 5) is 32.5. The second-order valence-electron chi connectivity index (χ2n) is 3.18. The zero-order valence-corrected chi connectivity index (χ0v) is 9.26. The Bertz CT molecular complexity index is 314. The fourth-order valence-electron chi connectivity index (χ4n) is 0.964. The van der Waals surface area contributed by atoms with E-state index in [9.17, 15) is 27.6 Å². The molecule has 0 unspecified atom stereocenters. The van der Waals surface area contributed by atoms with Gasteiger partial charge in [-0.15, -0.1) is 0 Å². The van der Waals surface area contributed by atoms with Crippen LogP contribution in [-0.2, 0) is 19.1 Å². The molecule has 5 nitrogen and oxygen atoms in total. The summed E-state index contributed by atoms with van der Waals surface area (Å²) >= 11 is 0. The molecule has 0 aliphatic heterocycles. The maximum atomic E-state index is 11.9. The van der Waals surface area contributed by atoms with Crippen LogP contribution in [0, 0.1) is 0 Å². The molecule has 8 heteroatoms. The number of nitrogens with one attached hydrogen (secondary N) is 1. The van der Waals surface area contributed by atoms with Gasteiger partial charge in [0.05, 0.1) is 6.61 Å². The van der Waals surface area contributed by atoms with E-state index < -0.39 is 36.3 Å². The third-order valence-electron chi connectivity index (χ3n) is 1.63. The molecule has 0 spiro atoms. The predicted octanol–water partition coefficient (Wildman–Crippen LogP) is 0.576. The Labute approximate surface area is 95.3 Å². The zero-order chi connectivity index (χ0) is 13.6. The molecule has 0 aromatic rings. The molecule has 0 fully saturated rings. The lowest BCUT2D eigenvalue weighted by molar-refractivity contribution is -0.176. The molecular formula is C9H12F3NO4. The molecule has 0 rings (SSSR count). The van der Waals surface area contributed by atoms with E-state index in [0.29, 0.717) is 0 Å². The number of alkyl halides is 3. The average molecular weight is 255 g/mol. The van der Waals surface area contributed by atoms with E-state index in [1.54, 1.807) is 0 Å². The summed E-state index contributed by atoms with van der Waals surface area (Å²) in [7, 11) is 0. The number of amides is 1. The minimum absolute atomic E-state index is 0.0604. The van der Waals surface area contributed by atoms with Gasteiger partial charge in [0.25, 0.3) is 0 Å². The van der Waals surface area contributed by atoms with Crippen LogP contribution in [0.1, 0.15) is 20.3 Å². The van der Waals surface area contributed by atoms with Gasteiger partial charge >= 0.3 is 18.1 Å². The lowest BCUT2D eigenvalue weighted by atomic mass is 10.1. The van der Waals surface area contributed by atoms with Crippen molar-refractivity contribution in [2.24, 2.45) is 0 Å². The van der Waals surface area contributed by atoms with Gasteiger partial charge in [-0.1, -0.05) is 0 Å². The number of carbonyl (C=O) groups is 3. The molecule has 0 bridgehead atoms. The molecule has 0 saturated carbocycles. The number of rotatable bonds is 5. The quantitative estimate of drug-likeness (QED) is 0.729. The molecule has 0 aromatic heterocycles. The fourth-order valence-corrected chi connectivity index (χ4v) is 0.964. The van der Waals surface area contributed by atoms with Crippen LogP contribution in [0.5, 0.6) is 0 Å². The maximum absolute atomic E-state index is 11.9. The van der Waals surface area contributed by atoms with Gasteiger partial charge in [0.1, 0.15) is 11.8 Å². The number of ketones is 1. The highest BCUT2D eigenvalue weighted by atomic mass is 19.4. The van der Waals surface area contributed by atoms with Gasteiger partial charge in [-0.05, 0) is 13.8 Å². The second kappa shape index (κ2) is 6.21. The highest BCUT2D eigenvalue weighted by Gasteiger charge is 2.41. The van der Waals surface area contributed by atoms with Crippen molar-refractivity contribution in [2.45, 2.75) is 32.5 Å². The van der Waals surface area contributed by atoms with Crippen LogP contribution in [0.15, 0.2) is 0 Å². The van der Waals surface area contributed by atoms with Gasteiger partial charge in [-0.25, -0.2) is 4.79 Å². The number of hydrogen-bond donors (Lipinski definition) is 1. The van der Waals surface area contributed by atoms with Gasteiger partial charge in [0.2, 0.25) is 0 Å². The molecule has 17 heavy (non-hydrogen) atoms.